The van der Waals surface area contributed by atoms with Gasteiger partial charge >= 0.3 is 0 Å². The molecule has 0 aliphatic carbocycles. The molecular weight excluding hydrogens is 277 g/mol. The summed E-state index contributed by atoms with van der Waals surface area (Å²) in [6.45, 7) is 1.60. The lowest BCUT2D eigenvalue weighted by atomic mass is 9.78. The van der Waals surface area contributed by atoms with E-state index in [1.165, 1.54) is 12.1 Å². The van der Waals surface area contributed by atoms with Crippen molar-refractivity contribution in [1.29, 1.82) is 0 Å². The van der Waals surface area contributed by atoms with Crippen molar-refractivity contribution in [1.82, 2.24) is 4.98 Å². The highest BCUT2D eigenvalue weighted by Crippen LogP contribution is 2.30. The number of aliphatic hydroxyl groups excluding tert-OH is 2. The van der Waals surface area contributed by atoms with Gasteiger partial charge in [-0.3, -0.25) is 0 Å². The molecule has 5 heteroatoms. The molecule has 0 aliphatic heterocycles. The number of aliphatic hydroxyl groups is 2. The molecule has 0 atom stereocenters. The third-order valence-corrected chi connectivity index (χ3v) is 4.73. The number of rotatable bonds is 6. The summed E-state index contributed by atoms with van der Waals surface area (Å²) in [5, 5.41) is 19.5. The molecule has 0 radical (unpaired) electrons. The Hall–Kier alpha value is -1.30. The fourth-order valence-corrected chi connectivity index (χ4v) is 3.04. The van der Waals surface area contributed by atoms with E-state index in [2.05, 4.69) is 4.98 Å². The number of thiazole rings is 1. The predicted octanol–water partition coefficient (Wildman–Crippen LogP) is 2.45. The van der Waals surface area contributed by atoms with E-state index in [1.807, 2.05) is 6.92 Å². The molecule has 108 valence electrons. The first-order valence-electron chi connectivity index (χ1n) is 6.48. The number of aryl methyl sites for hydroxylation is 2. The lowest BCUT2D eigenvalue weighted by Crippen LogP contribution is -2.35. The van der Waals surface area contributed by atoms with Gasteiger partial charge in [-0.2, -0.15) is 0 Å². The van der Waals surface area contributed by atoms with E-state index in [-0.39, 0.29) is 19.0 Å². The SMILES string of the molecule is Cc1ncsc1CCC(CO)(CO)c1ccc(F)cc1. The summed E-state index contributed by atoms with van der Waals surface area (Å²) < 4.78 is 13.0. The number of aromatic nitrogens is 1. The Morgan fingerprint density at radius 1 is 1.20 bits per heavy atom. The molecular formula is C15H18FNO2S. The molecule has 0 unspecified atom stereocenters. The van der Waals surface area contributed by atoms with E-state index in [0.717, 1.165) is 22.6 Å². The van der Waals surface area contributed by atoms with E-state index in [1.54, 1.807) is 29.0 Å². The van der Waals surface area contributed by atoms with Crippen LogP contribution in [0.4, 0.5) is 4.39 Å². The van der Waals surface area contributed by atoms with Gasteiger partial charge in [0.25, 0.3) is 0 Å². The zero-order valence-corrected chi connectivity index (χ0v) is 12.2. The van der Waals surface area contributed by atoms with Crippen LogP contribution in [0, 0.1) is 12.7 Å². The number of hydrogen-bond acceptors (Lipinski definition) is 4. The van der Waals surface area contributed by atoms with Crippen molar-refractivity contribution in [3.8, 4) is 0 Å². The third kappa shape index (κ3) is 3.06. The van der Waals surface area contributed by atoms with Crippen molar-refractivity contribution >= 4 is 11.3 Å². The van der Waals surface area contributed by atoms with Crippen LogP contribution in [0.15, 0.2) is 29.8 Å². The van der Waals surface area contributed by atoms with Gasteiger partial charge in [0.1, 0.15) is 5.82 Å². The van der Waals surface area contributed by atoms with Crippen LogP contribution in [-0.4, -0.2) is 28.4 Å². The predicted molar refractivity (Wildman–Crippen MR) is 77.4 cm³/mol. The molecule has 2 rings (SSSR count). The van der Waals surface area contributed by atoms with Crippen LogP contribution in [0.2, 0.25) is 0 Å². The van der Waals surface area contributed by atoms with Gasteiger partial charge in [-0.1, -0.05) is 12.1 Å². The summed E-state index contributed by atoms with van der Waals surface area (Å²) >= 11 is 1.57. The number of nitrogens with zero attached hydrogens (tertiary/aromatic N) is 1. The van der Waals surface area contributed by atoms with Crippen molar-refractivity contribution in [3.63, 3.8) is 0 Å². The van der Waals surface area contributed by atoms with Gasteiger partial charge in [0, 0.05) is 10.3 Å². The van der Waals surface area contributed by atoms with Gasteiger partial charge in [-0.05, 0) is 37.5 Å². The Bertz CT molecular complexity index is 549. The van der Waals surface area contributed by atoms with Gasteiger partial charge in [0.2, 0.25) is 0 Å². The van der Waals surface area contributed by atoms with Gasteiger partial charge in [-0.15, -0.1) is 11.3 Å². The molecule has 0 bridgehead atoms. The molecule has 0 spiro atoms. The Balaban J connectivity index is 2.21. The highest BCUT2D eigenvalue weighted by atomic mass is 32.1. The van der Waals surface area contributed by atoms with E-state index < -0.39 is 5.41 Å². The van der Waals surface area contributed by atoms with Crippen LogP contribution < -0.4 is 0 Å². The summed E-state index contributed by atoms with van der Waals surface area (Å²) in [6.07, 6.45) is 1.32. The topological polar surface area (TPSA) is 53.4 Å². The monoisotopic (exact) mass is 295 g/mol. The zero-order chi connectivity index (χ0) is 14.6. The van der Waals surface area contributed by atoms with Crippen LogP contribution in [-0.2, 0) is 11.8 Å². The fourth-order valence-electron chi connectivity index (χ4n) is 2.26. The minimum atomic E-state index is -0.746. The molecule has 1 aromatic carbocycles. The van der Waals surface area contributed by atoms with Crippen molar-refractivity contribution in [2.24, 2.45) is 0 Å². The van der Waals surface area contributed by atoms with Crippen molar-refractivity contribution in [2.45, 2.75) is 25.2 Å². The molecule has 2 aromatic rings. The summed E-state index contributed by atoms with van der Waals surface area (Å²) in [5.41, 5.74) is 2.79. The molecule has 3 nitrogen and oxygen atoms in total. The van der Waals surface area contributed by atoms with E-state index in [0.29, 0.717) is 6.42 Å². The lowest BCUT2D eigenvalue weighted by Gasteiger charge is -2.30. The van der Waals surface area contributed by atoms with Gasteiger partial charge < -0.3 is 10.2 Å². The first kappa shape index (κ1) is 15.1. The largest absolute Gasteiger partial charge is 0.395 e. The summed E-state index contributed by atoms with van der Waals surface area (Å²) in [5.74, 6) is -0.322. The molecule has 0 saturated carbocycles. The maximum absolute atomic E-state index is 13.0. The summed E-state index contributed by atoms with van der Waals surface area (Å²) in [7, 11) is 0. The summed E-state index contributed by atoms with van der Waals surface area (Å²) in [6, 6.07) is 5.96. The smallest absolute Gasteiger partial charge is 0.123 e. The van der Waals surface area contributed by atoms with Crippen LogP contribution in [0.3, 0.4) is 0 Å². The molecule has 1 aromatic heterocycles. The fraction of sp³-hybridized carbons (Fsp3) is 0.400. The molecule has 0 aliphatic rings. The zero-order valence-electron chi connectivity index (χ0n) is 11.3. The molecule has 1 heterocycles. The number of benzene rings is 1. The van der Waals surface area contributed by atoms with Crippen LogP contribution in [0.1, 0.15) is 22.6 Å². The van der Waals surface area contributed by atoms with Gasteiger partial charge in [0.15, 0.2) is 0 Å². The minimum absolute atomic E-state index is 0.174. The number of hydrogen-bond donors (Lipinski definition) is 2. The summed E-state index contributed by atoms with van der Waals surface area (Å²) in [4.78, 5) is 5.35. The average molecular weight is 295 g/mol. The van der Waals surface area contributed by atoms with Crippen molar-refractivity contribution in [2.75, 3.05) is 13.2 Å². The lowest BCUT2D eigenvalue weighted by molar-refractivity contribution is 0.109. The van der Waals surface area contributed by atoms with E-state index >= 15 is 0 Å². The standard InChI is InChI=1S/C15H18FNO2S/c1-11-14(20-10-17-11)6-7-15(8-18,9-19)12-2-4-13(16)5-3-12/h2-5,10,18-19H,6-9H2,1H3. The average Bonchev–Trinajstić information content (AvgIpc) is 2.88. The maximum atomic E-state index is 13.0. The van der Waals surface area contributed by atoms with Crippen molar-refractivity contribution < 1.29 is 14.6 Å². The van der Waals surface area contributed by atoms with Gasteiger partial charge in [-0.25, -0.2) is 9.37 Å². The second kappa shape index (κ2) is 6.43. The number of halogens is 1. The third-order valence-electron chi connectivity index (χ3n) is 3.74. The molecule has 0 fully saturated rings. The Morgan fingerprint density at radius 3 is 2.35 bits per heavy atom. The highest BCUT2D eigenvalue weighted by molar-refractivity contribution is 7.09. The maximum Gasteiger partial charge on any atom is 0.123 e. The Labute approximate surface area is 121 Å². The second-order valence-corrected chi connectivity index (χ2v) is 5.90. The van der Waals surface area contributed by atoms with Crippen LogP contribution >= 0.6 is 11.3 Å². The Kier molecular flexibility index (Phi) is 4.86. The second-order valence-electron chi connectivity index (χ2n) is 4.96. The molecule has 0 amide bonds. The van der Waals surface area contributed by atoms with Gasteiger partial charge in [0.05, 0.1) is 24.4 Å². The van der Waals surface area contributed by atoms with Crippen LogP contribution in [0.25, 0.3) is 0 Å². The quantitative estimate of drug-likeness (QED) is 0.860. The normalized spacial score (nSPS) is 11.8. The van der Waals surface area contributed by atoms with Crippen molar-refractivity contribution in [3.05, 3.63) is 51.7 Å². The molecule has 20 heavy (non-hydrogen) atoms. The highest BCUT2D eigenvalue weighted by Gasteiger charge is 2.31. The van der Waals surface area contributed by atoms with Crippen LogP contribution in [0.5, 0.6) is 0 Å². The minimum Gasteiger partial charge on any atom is -0.395 e. The first-order chi connectivity index (χ1) is 9.61. The molecule has 0 saturated heterocycles. The van der Waals surface area contributed by atoms with E-state index in [9.17, 15) is 14.6 Å². The Morgan fingerprint density at radius 2 is 1.85 bits per heavy atom. The molecule has 2 N–H and O–H groups in total. The first-order valence-corrected chi connectivity index (χ1v) is 7.36. The van der Waals surface area contributed by atoms with E-state index in [4.69, 9.17) is 0 Å².